The van der Waals surface area contributed by atoms with Crippen LogP contribution in [0.1, 0.15) is 23.4 Å². The van der Waals surface area contributed by atoms with Crippen LogP contribution in [-0.2, 0) is 9.84 Å². The Labute approximate surface area is 87.4 Å². The van der Waals surface area contributed by atoms with Gasteiger partial charge >= 0.3 is 0 Å². The Morgan fingerprint density at radius 1 is 1.47 bits per heavy atom. The Balaban J connectivity index is 2.31. The molecule has 0 atom stereocenters. The van der Waals surface area contributed by atoms with Gasteiger partial charge in [0.25, 0.3) is 5.91 Å². The quantitative estimate of drug-likeness (QED) is 0.822. The Kier molecular flexibility index (Phi) is 2.30. The van der Waals surface area contributed by atoms with E-state index in [4.69, 9.17) is 4.42 Å². The van der Waals surface area contributed by atoms with Gasteiger partial charge in [0.05, 0.1) is 5.25 Å². The third-order valence-corrected chi connectivity index (χ3v) is 4.41. The average molecular weight is 229 g/mol. The van der Waals surface area contributed by atoms with Crippen LogP contribution in [0, 0.1) is 0 Å². The van der Waals surface area contributed by atoms with Gasteiger partial charge in [-0.15, -0.1) is 0 Å². The van der Waals surface area contributed by atoms with Crippen LogP contribution in [0.15, 0.2) is 21.6 Å². The lowest BCUT2D eigenvalue weighted by Gasteiger charge is -1.97. The maximum Gasteiger partial charge on any atom is 0.286 e. The summed E-state index contributed by atoms with van der Waals surface area (Å²) in [5.41, 5.74) is 0. The van der Waals surface area contributed by atoms with Crippen molar-refractivity contribution in [3.63, 3.8) is 0 Å². The molecule has 1 aromatic rings. The molecule has 1 aliphatic carbocycles. The number of carbonyl (C=O) groups excluding carboxylic acids is 1. The zero-order valence-electron chi connectivity index (χ0n) is 8.19. The second-order valence-corrected chi connectivity index (χ2v) is 5.60. The number of amides is 1. The van der Waals surface area contributed by atoms with Crippen LogP contribution in [0.2, 0.25) is 0 Å². The molecule has 0 bridgehead atoms. The van der Waals surface area contributed by atoms with Gasteiger partial charge in [-0.25, -0.2) is 8.42 Å². The van der Waals surface area contributed by atoms with Gasteiger partial charge < -0.3 is 9.73 Å². The highest BCUT2D eigenvalue weighted by atomic mass is 32.2. The monoisotopic (exact) mass is 229 g/mol. The van der Waals surface area contributed by atoms with E-state index in [1.165, 1.54) is 19.2 Å². The molecular formula is C9H11NO4S. The van der Waals surface area contributed by atoms with Crippen LogP contribution >= 0.6 is 0 Å². The van der Waals surface area contributed by atoms with Crippen molar-refractivity contribution >= 4 is 15.7 Å². The third kappa shape index (κ3) is 1.77. The second kappa shape index (κ2) is 3.37. The highest BCUT2D eigenvalue weighted by Gasteiger charge is 2.39. The average Bonchev–Trinajstić information content (AvgIpc) is 2.95. The van der Waals surface area contributed by atoms with Crippen molar-refractivity contribution in [3.05, 3.63) is 17.9 Å². The molecule has 1 aliphatic rings. The predicted octanol–water partition coefficient (Wildman–Crippen LogP) is 0.575. The number of carbonyl (C=O) groups is 1. The van der Waals surface area contributed by atoms with Crippen LogP contribution in [0.25, 0.3) is 0 Å². The van der Waals surface area contributed by atoms with Crippen LogP contribution < -0.4 is 5.32 Å². The summed E-state index contributed by atoms with van der Waals surface area (Å²) in [7, 11) is -1.88. The Hall–Kier alpha value is -1.30. The molecule has 1 amide bonds. The first-order valence-corrected chi connectivity index (χ1v) is 6.16. The first-order valence-electron chi connectivity index (χ1n) is 4.61. The minimum Gasteiger partial charge on any atom is -0.440 e. The number of rotatable bonds is 3. The van der Waals surface area contributed by atoms with Gasteiger partial charge in [0.1, 0.15) is 0 Å². The molecule has 0 aromatic carbocycles. The fraction of sp³-hybridized carbons (Fsp3) is 0.444. The first-order chi connectivity index (χ1) is 7.05. The van der Waals surface area contributed by atoms with E-state index in [2.05, 4.69) is 5.32 Å². The summed E-state index contributed by atoms with van der Waals surface area (Å²) in [5.74, 6) is -0.399. The van der Waals surface area contributed by atoms with Gasteiger partial charge in [0.2, 0.25) is 14.9 Å². The zero-order chi connectivity index (χ0) is 11.1. The number of hydrogen-bond donors (Lipinski definition) is 1. The molecule has 5 nitrogen and oxygen atoms in total. The summed E-state index contributed by atoms with van der Waals surface area (Å²) in [5, 5.41) is 1.94. The van der Waals surface area contributed by atoms with Crippen molar-refractivity contribution in [2.45, 2.75) is 23.2 Å². The molecule has 1 N–H and O–H groups in total. The minimum absolute atomic E-state index is 0.0247. The van der Waals surface area contributed by atoms with Gasteiger partial charge in [-0.3, -0.25) is 4.79 Å². The number of nitrogens with one attached hydrogen (secondary N) is 1. The minimum atomic E-state index is -3.33. The molecular weight excluding hydrogens is 218 g/mol. The molecule has 0 saturated heterocycles. The molecule has 2 rings (SSSR count). The smallest absolute Gasteiger partial charge is 0.286 e. The maximum absolute atomic E-state index is 11.7. The predicted molar refractivity (Wildman–Crippen MR) is 52.3 cm³/mol. The van der Waals surface area contributed by atoms with E-state index >= 15 is 0 Å². The molecule has 6 heteroatoms. The Morgan fingerprint density at radius 3 is 2.67 bits per heavy atom. The first kappa shape index (κ1) is 10.2. The summed E-state index contributed by atoms with van der Waals surface area (Å²) in [6.07, 6.45) is 1.36. The number of sulfone groups is 1. The number of hydrogen-bond acceptors (Lipinski definition) is 4. The molecule has 15 heavy (non-hydrogen) atoms. The molecule has 0 spiro atoms. The molecule has 0 aliphatic heterocycles. The van der Waals surface area contributed by atoms with Crippen molar-refractivity contribution in [3.8, 4) is 0 Å². The van der Waals surface area contributed by atoms with Crippen molar-refractivity contribution in [1.29, 1.82) is 0 Å². The second-order valence-electron chi connectivity index (χ2n) is 3.44. The zero-order valence-corrected chi connectivity index (χ0v) is 9.00. The summed E-state index contributed by atoms with van der Waals surface area (Å²) >= 11 is 0. The van der Waals surface area contributed by atoms with E-state index in [1.54, 1.807) is 0 Å². The topological polar surface area (TPSA) is 76.4 Å². The van der Waals surface area contributed by atoms with E-state index in [0.29, 0.717) is 12.8 Å². The van der Waals surface area contributed by atoms with Crippen molar-refractivity contribution in [2.75, 3.05) is 7.05 Å². The fourth-order valence-corrected chi connectivity index (χ4v) is 2.81. The van der Waals surface area contributed by atoms with E-state index in [-0.39, 0.29) is 16.1 Å². The van der Waals surface area contributed by atoms with Crippen molar-refractivity contribution in [1.82, 2.24) is 5.32 Å². The summed E-state index contributed by atoms with van der Waals surface area (Å²) in [4.78, 5) is 11.1. The van der Waals surface area contributed by atoms with Crippen molar-refractivity contribution < 1.29 is 17.6 Å². The number of furan rings is 1. The van der Waals surface area contributed by atoms with Crippen LogP contribution in [0.3, 0.4) is 0 Å². The lowest BCUT2D eigenvalue weighted by molar-refractivity contribution is 0.0930. The van der Waals surface area contributed by atoms with E-state index in [0.717, 1.165) is 0 Å². The van der Waals surface area contributed by atoms with Gasteiger partial charge in [-0.05, 0) is 25.0 Å². The lowest BCUT2D eigenvalue weighted by atomic mass is 10.4. The summed E-state index contributed by atoms with van der Waals surface area (Å²) < 4.78 is 28.4. The van der Waals surface area contributed by atoms with Crippen LogP contribution in [-0.4, -0.2) is 26.6 Å². The Bertz CT molecular complexity index is 484. The van der Waals surface area contributed by atoms with Gasteiger partial charge in [0, 0.05) is 7.05 Å². The van der Waals surface area contributed by atoms with E-state index in [9.17, 15) is 13.2 Å². The summed E-state index contributed by atoms with van der Waals surface area (Å²) in [6, 6.07) is 2.70. The molecule has 0 unspecified atom stereocenters. The summed E-state index contributed by atoms with van der Waals surface area (Å²) in [6.45, 7) is 0. The van der Waals surface area contributed by atoms with Crippen LogP contribution in [0.4, 0.5) is 0 Å². The van der Waals surface area contributed by atoms with Gasteiger partial charge in [0.15, 0.2) is 5.76 Å². The molecule has 1 heterocycles. The lowest BCUT2D eigenvalue weighted by Crippen LogP contribution is -2.16. The molecule has 1 aromatic heterocycles. The third-order valence-electron chi connectivity index (χ3n) is 2.28. The normalized spacial score (nSPS) is 16.3. The molecule has 1 saturated carbocycles. The van der Waals surface area contributed by atoms with Crippen molar-refractivity contribution in [2.24, 2.45) is 0 Å². The SMILES string of the molecule is CNC(=O)c1ccc(S(=O)(=O)C2CC2)o1. The van der Waals surface area contributed by atoms with Gasteiger partial charge in [-0.1, -0.05) is 0 Å². The highest BCUT2D eigenvalue weighted by molar-refractivity contribution is 7.92. The standard InChI is InChI=1S/C9H11NO4S/c1-10-9(11)7-4-5-8(14-7)15(12,13)6-2-3-6/h4-6H,2-3H2,1H3,(H,10,11). The largest absolute Gasteiger partial charge is 0.440 e. The molecule has 0 radical (unpaired) electrons. The van der Waals surface area contributed by atoms with Crippen LogP contribution in [0.5, 0.6) is 0 Å². The van der Waals surface area contributed by atoms with E-state index in [1.807, 2.05) is 0 Å². The molecule has 1 fully saturated rings. The molecule has 82 valence electrons. The van der Waals surface area contributed by atoms with E-state index < -0.39 is 15.7 Å². The maximum atomic E-state index is 11.7. The fourth-order valence-electron chi connectivity index (χ4n) is 1.26. The Morgan fingerprint density at radius 2 is 2.13 bits per heavy atom. The van der Waals surface area contributed by atoms with Gasteiger partial charge in [-0.2, -0.15) is 0 Å². The highest BCUT2D eigenvalue weighted by Crippen LogP contribution is 2.34.